The smallest absolute Gasteiger partial charge is 0.262 e. The molecule has 0 spiro atoms. The largest absolute Gasteiger partial charge is 0.496 e. The minimum Gasteiger partial charge on any atom is -0.496 e. The lowest BCUT2D eigenvalue weighted by Crippen LogP contribution is -2.33. The summed E-state index contributed by atoms with van der Waals surface area (Å²) in [5, 5.41) is 12.4. The van der Waals surface area contributed by atoms with Crippen LogP contribution in [-0.4, -0.2) is 19.1 Å². The molecule has 4 heteroatoms. The van der Waals surface area contributed by atoms with E-state index in [1.807, 2.05) is 25.1 Å². The molecule has 0 unspecified atom stereocenters. The molecule has 1 fully saturated rings. The van der Waals surface area contributed by atoms with Gasteiger partial charge < -0.3 is 10.1 Å². The predicted octanol–water partition coefficient (Wildman–Crippen LogP) is 4.09. The Balaban J connectivity index is 2.31. The number of hydrogen-bond donors (Lipinski definition) is 1. The third-order valence-corrected chi connectivity index (χ3v) is 4.60. The molecule has 4 nitrogen and oxygen atoms in total. The molecule has 1 aromatic carbocycles. The Hall–Kier alpha value is -2.28. The van der Waals surface area contributed by atoms with Gasteiger partial charge >= 0.3 is 0 Å². The Labute approximate surface area is 144 Å². The van der Waals surface area contributed by atoms with Crippen LogP contribution in [0.1, 0.15) is 62.1 Å². The number of hydrogen-bond acceptors (Lipinski definition) is 3. The molecule has 0 bridgehead atoms. The van der Waals surface area contributed by atoms with E-state index in [2.05, 4.69) is 19.2 Å². The number of nitrogens with one attached hydrogen (secondary N) is 1. The van der Waals surface area contributed by atoms with Gasteiger partial charge in [0.2, 0.25) is 0 Å². The highest BCUT2D eigenvalue weighted by Gasteiger charge is 2.19. The maximum absolute atomic E-state index is 12.4. The number of benzene rings is 1. The van der Waals surface area contributed by atoms with E-state index in [-0.39, 0.29) is 17.5 Å². The molecular formula is C20H26N2O2. The van der Waals surface area contributed by atoms with Gasteiger partial charge in [-0.2, -0.15) is 5.26 Å². The van der Waals surface area contributed by atoms with Crippen LogP contribution in [0.4, 0.5) is 0 Å². The van der Waals surface area contributed by atoms with Crippen LogP contribution in [0.15, 0.2) is 17.7 Å². The summed E-state index contributed by atoms with van der Waals surface area (Å²) in [6.45, 7) is 6.15. The quantitative estimate of drug-likeness (QED) is 0.655. The standard InChI is InChI=1S/C20H26N2O2/c1-13(2)18-11-15(14(3)9-19(18)24-4)10-16(12-21)20(23)22-17-7-5-6-8-17/h9-11,13,17H,5-8H2,1-4H3,(H,22,23)/b16-10-. The summed E-state index contributed by atoms with van der Waals surface area (Å²) < 4.78 is 5.44. The van der Waals surface area contributed by atoms with Gasteiger partial charge in [0, 0.05) is 6.04 Å². The third-order valence-electron chi connectivity index (χ3n) is 4.60. The highest BCUT2D eigenvalue weighted by atomic mass is 16.5. The second kappa shape index (κ2) is 8.01. The number of carbonyl (C=O) groups is 1. The average Bonchev–Trinajstić information content (AvgIpc) is 3.05. The van der Waals surface area contributed by atoms with Gasteiger partial charge in [0.1, 0.15) is 17.4 Å². The van der Waals surface area contributed by atoms with Crippen molar-refractivity contribution in [1.82, 2.24) is 5.32 Å². The van der Waals surface area contributed by atoms with Crippen molar-refractivity contribution in [2.24, 2.45) is 0 Å². The van der Waals surface area contributed by atoms with Crippen LogP contribution in [0.3, 0.4) is 0 Å². The highest BCUT2D eigenvalue weighted by Crippen LogP contribution is 2.30. The van der Waals surface area contributed by atoms with Crippen LogP contribution >= 0.6 is 0 Å². The molecule has 0 heterocycles. The van der Waals surface area contributed by atoms with Crippen molar-refractivity contribution in [1.29, 1.82) is 5.26 Å². The van der Waals surface area contributed by atoms with Gasteiger partial charge in [0.25, 0.3) is 5.91 Å². The lowest BCUT2D eigenvalue weighted by molar-refractivity contribution is -0.117. The van der Waals surface area contributed by atoms with Gasteiger partial charge in [-0.3, -0.25) is 4.79 Å². The van der Waals surface area contributed by atoms with Gasteiger partial charge in [0.15, 0.2) is 0 Å². The van der Waals surface area contributed by atoms with Gasteiger partial charge in [-0.15, -0.1) is 0 Å². The number of nitriles is 1. The number of nitrogens with zero attached hydrogens (tertiary/aromatic N) is 1. The fourth-order valence-electron chi connectivity index (χ4n) is 3.14. The first kappa shape index (κ1) is 18.1. The van der Waals surface area contributed by atoms with Crippen molar-refractivity contribution in [3.05, 3.63) is 34.4 Å². The molecule has 0 radical (unpaired) electrons. The van der Waals surface area contributed by atoms with Crippen molar-refractivity contribution < 1.29 is 9.53 Å². The van der Waals surface area contributed by atoms with E-state index >= 15 is 0 Å². The minimum atomic E-state index is -0.272. The molecular weight excluding hydrogens is 300 g/mol. The van der Waals surface area contributed by atoms with Gasteiger partial charge in [-0.1, -0.05) is 26.7 Å². The maximum atomic E-state index is 12.4. The molecule has 0 saturated heterocycles. The Morgan fingerprint density at radius 3 is 2.58 bits per heavy atom. The number of aryl methyl sites for hydroxylation is 1. The molecule has 1 amide bonds. The fraction of sp³-hybridized carbons (Fsp3) is 0.500. The van der Waals surface area contributed by atoms with Crippen molar-refractivity contribution in [2.75, 3.05) is 7.11 Å². The minimum absolute atomic E-state index is 0.157. The molecule has 1 aliphatic carbocycles. The van der Waals surface area contributed by atoms with Crippen molar-refractivity contribution in [2.45, 2.75) is 58.4 Å². The average molecular weight is 326 g/mol. The van der Waals surface area contributed by atoms with E-state index in [0.717, 1.165) is 48.1 Å². The number of carbonyl (C=O) groups excluding carboxylic acids is 1. The summed E-state index contributed by atoms with van der Waals surface area (Å²) >= 11 is 0. The van der Waals surface area contributed by atoms with Crippen LogP contribution in [0.2, 0.25) is 0 Å². The molecule has 1 N–H and O–H groups in total. The zero-order chi connectivity index (χ0) is 17.7. The second-order valence-corrected chi connectivity index (χ2v) is 6.73. The molecule has 2 rings (SSSR count). The number of amides is 1. The molecule has 24 heavy (non-hydrogen) atoms. The SMILES string of the molecule is COc1cc(C)c(/C=C(/C#N)C(=O)NC2CCCC2)cc1C(C)C. The Morgan fingerprint density at radius 1 is 1.38 bits per heavy atom. The van der Waals surface area contributed by atoms with Crippen LogP contribution in [-0.2, 0) is 4.79 Å². The molecule has 128 valence electrons. The normalized spacial score (nSPS) is 15.4. The summed E-state index contributed by atoms with van der Waals surface area (Å²) in [7, 11) is 1.66. The van der Waals surface area contributed by atoms with E-state index in [9.17, 15) is 10.1 Å². The maximum Gasteiger partial charge on any atom is 0.262 e. The first-order valence-electron chi connectivity index (χ1n) is 8.57. The van der Waals surface area contributed by atoms with Crippen LogP contribution in [0, 0.1) is 18.3 Å². The number of ether oxygens (including phenoxy) is 1. The summed E-state index contributed by atoms with van der Waals surface area (Å²) in [6, 6.07) is 6.23. The van der Waals surface area contributed by atoms with E-state index in [1.165, 1.54) is 0 Å². The van der Waals surface area contributed by atoms with Gasteiger partial charge in [0.05, 0.1) is 7.11 Å². The zero-order valence-corrected chi connectivity index (χ0v) is 15.0. The Kier molecular flexibility index (Phi) is 6.03. The second-order valence-electron chi connectivity index (χ2n) is 6.73. The number of rotatable bonds is 5. The predicted molar refractivity (Wildman–Crippen MR) is 95.8 cm³/mol. The Bertz CT molecular complexity index is 678. The fourth-order valence-corrected chi connectivity index (χ4v) is 3.14. The summed E-state index contributed by atoms with van der Waals surface area (Å²) in [5.74, 6) is 0.866. The third kappa shape index (κ3) is 4.17. The lowest BCUT2D eigenvalue weighted by Gasteiger charge is -2.15. The van der Waals surface area contributed by atoms with Crippen LogP contribution in [0.5, 0.6) is 5.75 Å². The van der Waals surface area contributed by atoms with E-state index in [0.29, 0.717) is 5.92 Å². The van der Waals surface area contributed by atoms with Crippen LogP contribution in [0.25, 0.3) is 6.08 Å². The molecule has 1 aromatic rings. The van der Waals surface area contributed by atoms with Gasteiger partial charge in [-0.05, 0) is 60.6 Å². The van der Waals surface area contributed by atoms with Gasteiger partial charge in [-0.25, -0.2) is 0 Å². The lowest BCUT2D eigenvalue weighted by atomic mass is 9.95. The Morgan fingerprint density at radius 2 is 2.04 bits per heavy atom. The zero-order valence-electron chi connectivity index (χ0n) is 15.0. The summed E-state index contributed by atoms with van der Waals surface area (Å²) in [4.78, 5) is 12.4. The van der Waals surface area contributed by atoms with E-state index in [4.69, 9.17) is 4.74 Å². The highest BCUT2D eigenvalue weighted by molar-refractivity contribution is 6.02. The van der Waals surface area contributed by atoms with Crippen LogP contribution < -0.4 is 10.1 Å². The first-order valence-corrected chi connectivity index (χ1v) is 8.57. The molecule has 0 aliphatic heterocycles. The summed E-state index contributed by atoms with van der Waals surface area (Å²) in [6.07, 6.45) is 5.98. The molecule has 0 aromatic heterocycles. The number of methoxy groups -OCH3 is 1. The first-order chi connectivity index (χ1) is 11.5. The molecule has 0 atom stereocenters. The molecule has 1 saturated carbocycles. The van der Waals surface area contributed by atoms with Crippen molar-refractivity contribution in [3.8, 4) is 11.8 Å². The van der Waals surface area contributed by atoms with E-state index < -0.39 is 0 Å². The topological polar surface area (TPSA) is 62.1 Å². The summed E-state index contributed by atoms with van der Waals surface area (Å²) in [5.41, 5.74) is 3.10. The molecule has 1 aliphatic rings. The van der Waals surface area contributed by atoms with Crippen molar-refractivity contribution >= 4 is 12.0 Å². The monoisotopic (exact) mass is 326 g/mol. The van der Waals surface area contributed by atoms with E-state index in [1.54, 1.807) is 13.2 Å². The van der Waals surface area contributed by atoms with Crippen molar-refractivity contribution in [3.63, 3.8) is 0 Å².